The maximum absolute atomic E-state index is 12.8. The minimum absolute atomic E-state index is 0.00445. The molecule has 2 aromatic rings. The third-order valence-electron chi connectivity index (χ3n) is 6.89. The minimum Gasteiger partial charge on any atom is -0.489 e. The average Bonchev–Trinajstić information content (AvgIpc) is 3.19. The van der Waals surface area contributed by atoms with Gasteiger partial charge in [-0.2, -0.15) is 0 Å². The second kappa shape index (κ2) is 10.9. The van der Waals surface area contributed by atoms with Crippen LogP contribution in [0.15, 0.2) is 41.3 Å². The Morgan fingerprint density at radius 3 is 2.42 bits per heavy atom. The number of carbonyl (C=O) groups excluding carboxylic acids is 2. The van der Waals surface area contributed by atoms with E-state index in [1.165, 1.54) is 12.1 Å². The lowest BCUT2D eigenvalue weighted by Crippen LogP contribution is -2.45. The first-order valence-corrected chi connectivity index (χ1v) is 14.1. The number of sulfonamides is 1. The van der Waals surface area contributed by atoms with Gasteiger partial charge >= 0.3 is 6.03 Å². The number of carbonyl (C=O) groups is 2. The van der Waals surface area contributed by atoms with Crippen LogP contribution in [0, 0.1) is 12.8 Å². The zero-order valence-electron chi connectivity index (χ0n) is 21.1. The highest BCUT2D eigenvalue weighted by Crippen LogP contribution is 2.33. The van der Waals surface area contributed by atoms with E-state index in [-0.39, 0.29) is 22.9 Å². The second-order valence-corrected chi connectivity index (χ2v) is 11.8. The summed E-state index contributed by atoms with van der Waals surface area (Å²) in [6.07, 6.45) is 5.16. The molecule has 1 unspecified atom stereocenters. The van der Waals surface area contributed by atoms with Crippen LogP contribution in [-0.4, -0.2) is 39.0 Å². The maximum atomic E-state index is 12.8. The highest BCUT2D eigenvalue weighted by atomic mass is 32.2. The molecular formula is C27H35N3O5S. The van der Waals surface area contributed by atoms with Crippen molar-refractivity contribution < 1.29 is 22.7 Å². The lowest BCUT2D eigenvalue weighted by molar-refractivity contribution is 0.0949. The fourth-order valence-electron chi connectivity index (χ4n) is 4.91. The van der Waals surface area contributed by atoms with Gasteiger partial charge in [-0.15, -0.1) is 0 Å². The number of urea groups is 1. The topological polar surface area (TPSA) is 114 Å². The van der Waals surface area contributed by atoms with Crippen molar-refractivity contribution in [3.05, 3.63) is 58.7 Å². The Balaban J connectivity index is 1.28. The lowest BCUT2D eigenvalue weighted by Gasteiger charge is -2.26. The van der Waals surface area contributed by atoms with E-state index in [1.807, 2.05) is 19.9 Å². The number of ether oxygens (including phenoxy) is 1. The molecule has 1 atom stereocenters. The molecule has 0 saturated heterocycles. The summed E-state index contributed by atoms with van der Waals surface area (Å²) < 4.78 is 33.2. The Morgan fingerprint density at radius 1 is 1.03 bits per heavy atom. The van der Waals surface area contributed by atoms with Gasteiger partial charge in [0.15, 0.2) is 0 Å². The first-order chi connectivity index (χ1) is 17.1. The van der Waals surface area contributed by atoms with Crippen molar-refractivity contribution in [2.75, 3.05) is 6.54 Å². The highest BCUT2D eigenvalue weighted by molar-refractivity contribution is 7.90. The van der Waals surface area contributed by atoms with E-state index < -0.39 is 16.1 Å². The third-order valence-corrected chi connectivity index (χ3v) is 8.24. The number of amides is 3. The van der Waals surface area contributed by atoms with Crippen LogP contribution in [0.4, 0.5) is 4.79 Å². The minimum atomic E-state index is -3.97. The third kappa shape index (κ3) is 6.37. The van der Waals surface area contributed by atoms with Gasteiger partial charge in [-0.05, 0) is 86.8 Å². The van der Waals surface area contributed by atoms with Crippen molar-refractivity contribution in [3.63, 3.8) is 0 Å². The van der Waals surface area contributed by atoms with E-state index in [4.69, 9.17) is 4.74 Å². The number of rotatable bonds is 7. The predicted molar refractivity (Wildman–Crippen MR) is 138 cm³/mol. The van der Waals surface area contributed by atoms with E-state index in [2.05, 4.69) is 28.3 Å². The number of fused-ring (bicyclic) bond motifs is 1. The number of benzene rings is 2. The summed E-state index contributed by atoms with van der Waals surface area (Å²) in [5.74, 6) is 1.11. The van der Waals surface area contributed by atoms with Crippen LogP contribution in [0.25, 0.3) is 0 Å². The molecule has 8 nitrogen and oxygen atoms in total. The molecule has 9 heteroatoms. The molecule has 36 heavy (non-hydrogen) atoms. The number of aryl methyl sites for hydroxylation is 1. The van der Waals surface area contributed by atoms with Gasteiger partial charge in [0, 0.05) is 19.0 Å². The normalized spacial score (nSPS) is 21.2. The van der Waals surface area contributed by atoms with E-state index in [0.717, 1.165) is 48.8 Å². The van der Waals surface area contributed by atoms with Crippen molar-refractivity contribution in [2.24, 2.45) is 5.92 Å². The smallest absolute Gasteiger partial charge is 0.328 e. The van der Waals surface area contributed by atoms with Crippen LogP contribution in [0.1, 0.15) is 66.6 Å². The maximum Gasteiger partial charge on any atom is 0.328 e. The number of hydrogen-bond donors (Lipinski definition) is 3. The Hall–Kier alpha value is -3.07. The van der Waals surface area contributed by atoms with Crippen molar-refractivity contribution in [1.82, 2.24) is 15.4 Å². The second-order valence-electron chi connectivity index (χ2n) is 10.1. The summed E-state index contributed by atoms with van der Waals surface area (Å²) in [6, 6.07) is 9.53. The molecule has 1 fully saturated rings. The van der Waals surface area contributed by atoms with Crippen LogP contribution in [0.2, 0.25) is 0 Å². The Morgan fingerprint density at radius 2 is 1.72 bits per heavy atom. The van der Waals surface area contributed by atoms with Crippen LogP contribution >= 0.6 is 0 Å². The van der Waals surface area contributed by atoms with Crippen molar-refractivity contribution in [1.29, 1.82) is 0 Å². The van der Waals surface area contributed by atoms with Gasteiger partial charge in [-0.25, -0.2) is 17.9 Å². The van der Waals surface area contributed by atoms with Gasteiger partial charge in [-0.1, -0.05) is 25.1 Å². The molecule has 1 heterocycles. The van der Waals surface area contributed by atoms with Gasteiger partial charge in [0.05, 0.1) is 10.5 Å². The standard InChI is InChI=1S/C27H35N3O5S/c1-17-4-8-22(9-5-17)29-27(32)30-36(33,34)23-10-6-20(7-11-23)12-13-28-26(31)24-15-18(2)14-21-16-19(3)35-25(21)24/h6-7,10-11,14-15,17,19,22H,4-5,8-9,12-13,16H2,1-3H3,(H,28,31)(H2,29,30,32). The van der Waals surface area contributed by atoms with Gasteiger partial charge in [0.2, 0.25) is 0 Å². The van der Waals surface area contributed by atoms with Crippen LogP contribution in [0.3, 0.4) is 0 Å². The van der Waals surface area contributed by atoms with Gasteiger partial charge in [-0.3, -0.25) is 4.79 Å². The SMILES string of the molecule is Cc1cc2c(c(C(=O)NCCc3ccc(S(=O)(=O)NC(=O)NC4CCC(C)CC4)cc3)c1)OC(C)C2. The summed E-state index contributed by atoms with van der Waals surface area (Å²) in [5, 5.41) is 5.70. The summed E-state index contributed by atoms with van der Waals surface area (Å²) in [7, 11) is -3.97. The largest absolute Gasteiger partial charge is 0.489 e. The quantitative estimate of drug-likeness (QED) is 0.520. The monoisotopic (exact) mass is 513 g/mol. The first-order valence-electron chi connectivity index (χ1n) is 12.6. The molecule has 2 aliphatic rings. The average molecular weight is 514 g/mol. The van der Waals surface area contributed by atoms with E-state index >= 15 is 0 Å². The molecule has 194 valence electrons. The van der Waals surface area contributed by atoms with Crippen LogP contribution in [0.5, 0.6) is 5.75 Å². The highest BCUT2D eigenvalue weighted by Gasteiger charge is 2.26. The van der Waals surface area contributed by atoms with Gasteiger partial charge < -0.3 is 15.4 Å². The molecule has 2 aromatic carbocycles. The number of hydrogen-bond acceptors (Lipinski definition) is 5. The molecule has 4 rings (SSSR count). The van der Waals surface area contributed by atoms with Crippen molar-refractivity contribution in [2.45, 2.75) is 76.3 Å². The molecule has 3 amide bonds. The molecular weight excluding hydrogens is 478 g/mol. The zero-order valence-corrected chi connectivity index (χ0v) is 21.9. The van der Waals surface area contributed by atoms with E-state index in [1.54, 1.807) is 12.1 Å². The van der Waals surface area contributed by atoms with Crippen molar-refractivity contribution in [3.8, 4) is 5.75 Å². The molecule has 0 spiro atoms. The molecule has 0 radical (unpaired) electrons. The fraction of sp³-hybridized carbons (Fsp3) is 0.481. The van der Waals surface area contributed by atoms with Gasteiger partial charge in [0.25, 0.3) is 15.9 Å². The molecule has 1 aliphatic heterocycles. The van der Waals surface area contributed by atoms with E-state index in [9.17, 15) is 18.0 Å². The molecule has 0 bridgehead atoms. The van der Waals surface area contributed by atoms with Crippen molar-refractivity contribution >= 4 is 22.0 Å². The summed E-state index contributed by atoms with van der Waals surface area (Å²) in [5.41, 5.74) is 3.49. The fourth-order valence-corrected chi connectivity index (χ4v) is 5.83. The molecule has 1 saturated carbocycles. The Labute approximate surface area is 213 Å². The van der Waals surface area contributed by atoms with Gasteiger partial charge in [0.1, 0.15) is 11.9 Å². The Bertz CT molecular complexity index is 1220. The lowest BCUT2D eigenvalue weighted by atomic mass is 9.87. The summed E-state index contributed by atoms with van der Waals surface area (Å²) in [4.78, 5) is 25.0. The Kier molecular flexibility index (Phi) is 7.88. The molecule has 3 N–H and O–H groups in total. The predicted octanol–water partition coefficient (Wildman–Crippen LogP) is 3.86. The summed E-state index contributed by atoms with van der Waals surface area (Å²) in [6.45, 7) is 6.53. The van der Waals surface area contributed by atoms with Crippen LogP contribution in [-0.2, 0) is 22.9 Å². The zero-order chi connectivity index (χ0) is 25.9. The molecule has 1 aliphatic carbocycles. The van der Waals surface area contributed by atoms with E-state index in [0.29, 0.717) is 30.2 Å². The number of nitrogens with one attached hydrogen (secondary N) is 3. The molecule has 0 aromatic heterocycles. The summed E-state index contributed by atoms with van der Waals surface area (Å²) >= 11 is 0. The first kappa shape index (κ1) is 26.0. The van der Waals surface area contributed by atoms with Crippen LogP contribution < -0.4 is 20.1 Å².